The number of nitrogens with two attached hydrogens (primary N) is 1. The first-order valence-corrected chi connectivity index (χ1v) is 6.10. The summed E-state index contributed by atoms with van der Waals surface area (Å²) in [6.07, 6.45) is 0.435. The van der Waals surface area contributed by atoms with E-state index in [0.29, 0.717) is 19.4 Å². The van der Waals surface area contributed by atoms with Crippen LogP contribution >= 0.6 is 0 Å². The zero-order valence-electron chi connectivity index (χ0n) is 10.7. The normalized spacial score (nSPS) is 19.4. The van der Waals surface area contributed by atoms with Gasteiger partial charge in [-0.1, -0.05) is 0 Å². The molecule has 0 aliphatic carbocycles. The maximum atomic E-state index is 11.8. The first-order chi connectivity index (χ1) is 9.32. The molecule has 1 aliphatic heterocycles. The van der Waals surface area contributed by atoms with Crippen molar-refractivity contribution in [3.05, 3.63) is 0 Å². The summed E-state index contributed by atoms with van der Waals surface area (Å²) >= 11 is 0. The fraction of sp³-hybridized carbons (Fsp3) is 0.636. The number of rotatable bonds is 6. The largest absolute Gasteiger partial charge is 0.481 e. The monoisotopic (exact) mass is 287 g/mol. The molecule has 1 heterocycles. The van der Waals surface area contributed by atoms with Crippen LogP contribution in [-0.4, -0.2) is 64.0 Å². The Labute approximate surface area is 114 Å². The number of carboxylic acids is 2. The van der Waals surface area contributed by atoms with E-state index in [9.17, 15) is 19.2 Å². The highest BCUT2D eigenvalue weighted by atomic mass is 16.4. The maximum absolute atomic E-state index is 11.8. The topological polar surface area (TPSA) is 150 Å². The standard InChI is InChI=1S/C11H17N3O6/c12-6(4-9(16)17)10(18)13-5-8(15)14-3-1-2-7(14)11(19)20/h6-7H,1-5,12H2,(H,13,18)(H,16,17)(H,19,20)/t6-,7-/m0/s1. The molecule has 1 saturated heterocycles. The molecule has 0 saturated carbocycles. The summed E-state index contributed by atoms with van der Waals surface area (Å²) in [6, 6.07) is -2.11. The summed E-state index contributed by atoms with van der Waals surface area (Å²) < 4.78 is 0. The number of amides is 2. The number of nitrogens with one attached hydrogen (secondary N) is 1. The molecule has 20 heavy (non-hydrogen) atoms. The third-order valence-electron chi connectivity index (χ3n) is 3.00. The van der Waals surface area contributed by atoms with Crippen LogP contribution in [0.3, 0.4) is 0 Å². The van der Waals surface area contributed by atoms with Gasteiger partial charge in [-0.15, -0.1) is 0 Å². The Bertz CT molecular complexity index is 424. The number of nitrogens with zero attached hydrogens (tertiary/aromatic N) is 1. The van der Waals surface area contributed by atoms with Gasteiger partial charge in [0.25, 0.3) is 0 Å². The molecule has 0 bridgehead atoms. The first kappa shape index (κ1) is 15.9. The molecule has 2 atom stereocenters. The van der Waals surface area contributed by atoms with E-state index in [2.05, 4.69) is 5.32 Å². The molecule has 0 unspecified atom stereocenters. The van der Waals surface area contributed by atoms with E-state index in [1.165, 1.54) is 4.90 Å². The molecule has 1 rings (SSSR count). The molecule has 0 aromatic rings. The van der Waals surface area contributed by atoms with Crippen LogP contribution in [-0.2, 0) is 19.2 Å². The molecular weight excluding hydrogens is 270 g/mol. The van der Waals surface area contributed by atoms with Crippen LogP contribution < -0.4 is 11.1 Å². The average molecular weight is 287 g/mol. The van der Waals surface area contributed by atoms with Gasteiger partial charge >= 0.3 is 11.9 Å². The minimum absolute atomic E-state index is 0.326. The zero-order valence-corrected chi connectivity index (χ0v) is 10.7. The predicted octanol–water partition coefficient (Wildman–Crippen LogP) is -2.02. The highest BCUT2D eigenvalue weighted by Crippen LogP contribution is 2.17. The molecule has 2 amide bonds. The Morgan fingerprint density at radius 3 is 2.50 bits per heavy atom. The summed E-state index contributed by atoms with van der Waals surface area (Å²) in [4.78, 5) is 45.7. The Morgan fingerprint density at radius 2 is 1.95 bits per heavy atom. The van der Waals surface area contributed by atoms with Crippen molar-refractivity contribution < 1.29 is 29.4 Å². The minimum Gasteiger partial charge on any atom is -0.481 e. The fourth-order valence-electron chi connectivity index (χ4n) is 2.00. The molecule has 9 nitrogen and oxygen atoms in total. The van der Waals surface area contributed by atoms with Gasteiger partial charge in [0.05, 0.1) is 19.0 Å². The van der Waals surface area contributed by atoms with Crippen molar-refractivity contribution in [3.63, 3.8) is 0 Å². The lowest BCUT2D eigenvalue weighted by atomic mass is 10.2. The number of hydrogen-bond donors (Lipinski definition) is 4. The second-order valence-electron chi connectivity index (χ2n) is 4.51. The van der Waals surface area contributed by atoms with Crippen molar-refractivity contribution in [1.29, 1.82) is 0 Å². The minimum atomic E-state index is -1.24. The summed E-state index contributed by atoms with van der Waals surface area (Å²) in [5, 5.41) is 19.6. The van der Waals surface area contributed by atoms with Crippen LogP contribution in [0.5, 0.6) is 0 Å². The Hall–Kier alpha value is -2.16. The molecule has 9 heteroatoms. The van der Waals surface area contributed by atoms with E-state index in [1.54, 1.807) is 0 Å². The molecule has 1 fully saturated rings. The van der Waals surface area contributed by atoms with E-state index in [4.69, 9.17) is 15.9 Å². The van der Waals surface area contributed by atoms with Gasteiger partial charge in [0.1, 0.15) is 6.04 Å². The summed E-state index contributed by atoms with van der Waals surface area (Å²) in [6.45, 7) is -0.0667. The fourth-order valence-corrected chi connectivity index (χ4v) is 2.00. The second kappa shape index (κ2) is 6.85. The lowest BCUT2D eigenvalue weighted by Crippen LogP contribution is -2.48. The lowest BCUT2D eigenvalue weighted by Gasteiger charge is -2.21. The van der Waals surface area contributed by atoms with Crippen molar-refractivity contribution in [2.45, 2.75) is 31.3 Å². The van der Waals surface area contributed by atoms with Gasteiger partial charge in [-0.05, 0) is 12.8 Å². The van der Waals surface area contributed by atoms with Crippen LogP contribution in [0.25, 0.3) is 0 Å². The summed E-state index contributed by atoms with van der Waals surface area (Å²) in [5.74, 6) is -3.58. The third-order valence-corrected chi connectivity index (χ3v) is 3.00. The van der Waals surface area contributed by atoms with Gasteiger partial charge in [0, 0.05) is 6.54 Å². The number of aliphatic carboxylic acids is 2. The van der Waals surface area contributed by atoms with Crippen molar-refractivity contribution in [1.82, 2.24) is 10.2 Å². The zero-order chi connectivity index (χ0) is 15.3. The lowest BCUT2D eigenvalue weighted by molar-refractivity contribution is -0.148. The van der Waals surface area contributed by atoms with E-state index in [0.717, 1.165) is 0 Å². The Kier molecular flexibility index (Phi) is 5.44. The van der Waals surface area contributed by atoms with E-state index in [1.807, 2.05) is 0 Å². The van der Waals surface area contributed by atoms with Gasteiger partial charge in [0.15, 0.2) is 0 Å². The van der Waals surface area contributed by atoms with Crippen LogP contribution in [0.15, 0.2) is 0 Å². The van der Waals surface area contributed by atoms with E-state index >= 15 is 0 Å². The third kappa shape index (κ3) is 4.19. The first-order valence-electron chi connectivity index (χ1n) is 6.10. The van der Waals surface area contributed by atoms with E-state index < -0.39 is 48.8 Å². The quantitative estimate of drug-likeness (QED) is 0.440. The molecule has 0 spiro atoms. The number of carbonyl (C=O) groups is 4. The Morgan fingerprint density at radius 1 is 1.30 bits per heavy atom. The number of carboxylic acid groups (broad SMARTS) is 2. The van der Waals surface area contributed by atoms with Crippen LogP contribution in [0.2, 0.25) is 0 Å². The van der Waals surface area contributed by atoms with Gasteiger partial charge in [0.2, 0.25) is 11.8 Å². The van der Waals surface area contributed by atoms with Crippen molar-refractivity contribution in [3.8, 4) is 0 Å². The number of likely N-dealkylation sites (tertiary alicyclic amines) is 1. The molecule has 112 valence electrons. The van der Waals surface area contributed by atoms with Crippen LogP contribution in [0.1, 0.15) is 19.3 Å². The number of hydrogen-bond acceptors (Lipinski definition) is 5. The Balaban J connectivity index is 2.45. The second-order valence-corrected chi connectivity index (χ2v) is 4.51. The highest BCUT2D eigenvalue weighted by Gasteiger charge is 2.33. The van der Waals surface area contributed by atoms with Crippen LogP contribution in [0.4, 0.5) is 0 Å². The van der Waals surface area contributed by atoms with Gasteiger partial charge in [-0.3, -0.25) is 14.4 Å². The smallest absolute Gasteiger partial charge is 0.326 e. The maximum Gasteiger partial charge on any atom is 0.326 e. The molecule has 1 aliphatic rings. The molecule has 0 radical (unpaired) electrons. The molecular formula is C11H17N3O6. The predicted molar refractivity (Wildman–Crippen MR) is 65.6 cm³/mol. The molecule has 0 aromatic carbocycles. The summed E-state index contributed by atoms with van der Waals surface area (Å²) in [7, 11) is 0. The van der Waals surface area contributed by atoms with Gasteiger partial charge in [-0.25, -0.2) is 4.79 Å². The van der Waals surface area contributed by atoms with Crippen molar-refractivity contribution in [2.24, 2.45) is 5.73 Å². The van der Waals surface area contributed by atoms with E-state index in [-0.39, 0.29) is 0 Å². The van der Waals surface area contributed by atoms with Crippen molar-refractivity contribution in [2.75, 3.05) is 13.1 Å². The van der Waals surface area contributed by atoms with Crippen LogP contribution in [0, 0.1) is 0 Å². The van der Waals surface area contributed by atoms with Gasteiger partial charge < -0.3 is 26.2 Å². The highest BCUT2D eigenvalue weighted by molar-refractivity contribution is 5.91. The average Bonchev–Trinajstić information content (AvgIpc) is 2.83. The SMILES string of the molecule is N[C@@H](CC(=O)O)C(=O)NCC(=O)N1CCC[C@H]1C(=O)O. The number of carbonyl (C=O) groups excluding carboxylic acids is 2. The summed E-state index contributed by atoms with van der Waals surface area (Å²) in [5.41, 5.74) is 5.32. The molecule has 5 N–H and O–H groups in total. The van der Waals surface area contributed by atoms with Gasteiger partial charge in [-0.2, -0.15) is 0 Å². The van der Waals surface area contributed by atoms with Crippen molar-refractivity contribution >= 4 is 23.8 Å². The molecule has 0 aromatic heterocycles.